The number of carboxylic acid groups (broad SMARTS) is 1. The van der Waals surface area contributed by atoms with E-state index in [1.54, 1.807) is 32.0 Å². The van der Waals surface area contributed by atoms with Crippen molar-refractivity contribution in [2.45, 2.75) is 33.6 Å². The number of benzene rings is 1. The summed E-state index contributed by atoms with van der Waals surface area (Å²) in [6, 6.07) is 5.20. The Labute approximate surface area is 127 Å². The Morgan fingerprint density at radius 3 is 2.45 bits per heavy atom. The molecule has 1 N–H and O–H groups in total. The van der Waals surface area contributed by atoms with Gasteiger partial charge in [-0.3, -0.25) is 9.59 Å². The lowest BCUT2D eigenvalue weighted by Gasteiger charge is -2.21. The molecule has 0 aromatic heterocycles. The van der Waals surface area contributed by atoms with E-state index in [1.165, 1.54) is 0 Å². The molecule has 0 radical (unpaired) electrons. The van der Waals surface area contributed by atoms with Crippen LogP contribution in [0.5, 0.6) is 5.75 Å². The molecular weight excluding hydrogens is 324 g/mol. The summed E-state index contributed by atoms with van der Waals surface area (Å²) in [7, 11) is 0. The minimum atomic E-state index is -0.895. The van der Waals surface area contributed by atoms with Crippen molar-refractivity contribution in [3.63, 3.8) is 0 Å². The lowest BCUT2D eigenvalue weighted by molar-refractivity contribution is -0.139. The van der Waals surface area contributed by atoms with Crippen LogP contribution >= 0.6 is 15.9 Å². The molecule has 0 saturated carbocycles. The molecule has 0 fully saturated rings. The van der Waals surface area contributed by atoms with Gasteiger partial charge >= 0.3 is 5.97 Å². The van der Waals surface area contributed by atoms with Crippen LogP contribution < -0.4 is 4.74 Å². The lowest BCUT2D eigenvalue weighted by atomic mass is 9.82. The molecule has 0 bridgehead atoms. The van der Waals surface area contributed by atoms with Gasteiger partial charge in [0.25, 0.3) is 0 Å². The van der Waals surface area contributed by atoms with Crippen LogP contribution in [0.1, 0.15) is 44.0 Å². The standard InChI is InChI=1S/C15H19BrO4/c1-4-20-10-5-6-11(12(16)7-10)13(17)8-15(2,3)9-14(18)19/h5-7H,4,8-9H2,1-3H3,(H,18,19). The molecule has 0 spiro atoms. The fraction of sp³-hybridized carbons (Fsp3) is 0.467. The molecule has 0 saturated heterocycles. The first-order valence-electron chi connectivity index (χ1n) is 6.42. The summed E-state index contributed by atoms with van der Waals surface area (Å²) in [6.07, 6.45) is 0.152. The first-order valence-corrected chi connectivity index (χ1v) is 7.22. The highest BCUT2D eigenvalue weighted by molar-refractivity contribution is 9.10. The van der Waals surface area contributed by atoms with E-state index in [2.05, 4.69) is 15.9 Å². The molecule has 0 aliphatic heterocycles. The van der Waals surface area contributed by atoms with Gasteiger partial charge in [-0.1, -0.05) is 13.8 Å². The predicted octanol–water partition coefficient (Wildman–Crippen LogP) is 3.92. The molecule has 0 aliphatic rings. The van der Waals surface area contributed by atoms with Crippen LogP contribution in [0.25, 0.3) is 0 Å². The van der Waals surface area contributed by atoms with E-state index in [1.807, 2.05) is 6.92 Å². The summed E-state index contributed by atoms with van der Waals surface area (Å²) in [6.45, 7) is 6.01. The summed E-state index contributed by atoms with van der Waals surface area (Å²) in [5.41, 5.74) is -0.0204. The van der Waals surface area contributed by atoms with Gasteiger partial charge in [0, 0.05) is 16.5 Å². The van der Waals surface area contributed by atoms with Crippen molar-refractivity contribution < 1.29 is 19.4 Å². The van der Waals surface area contributed by atoms with Crippen molar-refractivity contribution in [1.82, 2.24) is 0 Å². The zero-order chi connectivity index (χ0) is 15.3. The number of hydrogen-bond donors (Lipinski definition) is 1. The van der Waals surface area contributed by atoms with Crippen LogP contribution in [0.2, 0.25) is 0 Å². The van der Waals surface area contributed by atoms with Crippen molar-refractivity contribution in [2.75, 3.05) is 6.61 Å². The molecule has 0 aliphatic carbocycles. The maximum absolute atomic E-state index is 12.3. The van der Waals surface area contributed by atoms with Crippen LogP contribution in [0.4, 0.5) is 0 Å². The second-order valence-electron chi connectivity index (χ2n) is 5.41. The fourth-order valence-corrected chi connectivity index (χ4v) is 2.56. The third-order valence-corrected chi connectivity index (χ3v) is 3.48. The summed E-state index contributed by atoms with van der Waals surface area (Å²) in [5.74, 6) is -0.277. The first-order chi connectivity index (χ1) is 9.25. The Kier molecular flexibility index (Phi) is 5.74. The number of ketones is 1. The van der Waals surface area contributed by atoms with Crippen LogP contribution in [0.15, 0.2) is 22.7 Å². The van der Waals surface area contributed by atoms with Crippen molar-refractivity contribution in [2.24, 2.45) is 5.41 Å². The number of aliphatic carboxylic acids is 1. The van der Waals surface area contributed by atoms with Crippen LogP contribution in [-0.2, 0) is 4.79 Å². The minimum Gasteiger partial charge on any atom is -0.494 e. The number of halogens is 1. The topological polar surface area (TPSA) is 63.6 Å². The zero-order valence-corrected chi connectivity index (χ0v) is 13.5. The van der Waals surface area contributed by atoms with Crippen LogP contribution in [-0.4, -0.2) is 23.5 Å². The molecule has 0 unspecified atom stereocenters. The Hall–Kier alpha value is -1.36. The molecule has 1 aromatic rings. The molecule has 4 nitrogen and oxygen atoms in total. The Balaban J connectivity index is 2.85. The molecule has 20 heavy (non-hydrogen) atoms. The van der Waals surface area contributed by atoms with Gasteiger partial charge in [-0.05, 0) is 46.5 Å². The highest BCUT2D eigenvalue weighted by Crippen LogP contribution is 2.30. The van der Waals surface area contributed by atoms with Gasteiger partial charge < -0.3 is 9.84 Å². The lowest BCUT2D eigenvalue weighted by Crippen LogP contribution is -2.21. The Morgan fingerprint density at radius 2 is 1.95 bits per heavy atom. The van der Waals surface area contributed by atoms with Gasteiger partial charge in [0.15, 0.2) is 5.78 Å². The third kappa shape index (κ3) is 4.96. The Bertz CT molecular complexity index is 509. The van der Waals surface area contributed by atoms with Crippen LogP contribution in [0, 0.1) is 5.41 Å². The quantitative estimate of drug-likeness (QED) is 0.762. The van der Waals surface area contributed by atoms with E-state index in [-0.39, 0.29) is 18.6 Å². The highest BCUT2D eigenvalue weighted by Gasteiger charge is 2.26. The number of rotatable bonds is 7. The first kappa shape index (κ1) is 16.7. The molecule has 1 aromatic carbocycles. The molecule has 5 heteroatoms. The molecule has 0 amide bonds. The van der Waals surface area contributed by atoms with E-state index in [0.717, 1.165) is 0 Å². The molecule has 110 valence electrons. The van der Waals surface area contributed by atoms with Gasteiger partial charge in [0.05, 0.1) is 13.0 Å². The van der Waals surface area contributed by atoms with E-state index >= 15 is 0 Å². The summed E-state index contributed by atoms with van der Waals surface area (Å²) in [4.78, 5) is 23.0. The third-order valence-electron chi connectivity index (χ3n) is 2.82. The largest absolute Gasteiger partial charge is 0.494 e. The molecular formula is C15H19BrO4. The van der Waals surface area contributed by atoms with Gasteiger partial charge in [0.1, 0.15) is 5.75 Å². The number of ether oxygens (including phenoxy) is 1. The van der Waals surface area contributed by atoms with E-state index in [9.17, 15) is 9.59 Å². The molecule has 0 heterocycles. The second kappa shape index (κ2) is 6.88. The normalized spacial score (nSPS) is 11.2. The second-order valence-corrected chi connectivity index (χ2v) is 6.26. The number of hydrogen-bond acceptors (Lipinski definition) is 3. The number of carbonyl (C=O) groups is 2. The predicted molar refractivity (Wildman–Crippen MR) is 80.3 cm³/mol. The summed E-state index contributed by atoms with van der Waals surface area (Å²) < 4.78 is 6.02. The smallest absolute Gasteiger partial charge is 0.303 e. The van der Waals surface area contributed by atoms with Crippen molar-refractivity contribution >= 4 is 27.7 Å². The van der Waals surface area contributed by atoms with Gasteiger partial charge in [-0.25, -0.2) is 0 Å². The SMILES string of the molecule is CCOc1ccc(C(=O)CC(C)(C)CC(=O)O)c(Br)c1. The van der Waals surface area contributed by atoms with Gasteiger partial charge in [-0.15, -0.1) is 0 Å². The molecule has 1 rings (SSSR count). The Morgan fingerprint density at radius 1 is 1.30 bits per heavy atom. The minimum absolute atomic E-state index is 0.0343. The maximum Gasteiger partial charge on any atom is 0.303 e. The van der Waals surface area contributed by atoms with Gasteiger partial charge in [0.2, 0.25) is 0 Å². The zero-order valence-electron chi connectivity index (χ0n) is 11.9. The monoisotopic (exact) mass is 342 g/mol. The van der Waals surface area contributed by atoms with E-state index in [4.69, 9.17) is 9.84 Å². The van der Waals surface area contributed by atoms with Crippen LogP contribution in [0.3, 0.4) is 0 Å². The van der Waals surface area contributed by atoms with E-state index in [0.29, 0.717) is 22.4 Å². The fourth-order valence-electron chi connectivity index (χ4n) is 1.98. The number of carbonyl (C=O) groups excluding carboxylic acids is 1. The highest BCUT2D eigenvalue weighted by atomic mass is 79.9. The average Bonchev–Trinajstić information content (AvgIpc) is 2.26. The number of Topliss-reactive ketones (excluding diaryl/α,β-unsaturated/α-hetero) is 1. The molecule has 0 atom stereocenters. The van der Waals surface area contributed by atoms with Crippen molar-refractivity contribution in [1.29, 1.82) is 0 Å². The van der Waals surface area contributed by atoms with Crippen molar-refractivity contribution in [3.05, 3.63) is 28.2 Å². The average molecular weight is 343 g/mol. The number of carboxylic acids is 1. The summed E-state index contributed by atoms with van der Waals surface area (Å²) >= 11 is 3.36. The van der Waals surface area contributed by atoms with Gasteiger partial charge in [-0.2, -0.15) is 0 Å². The summed E-state index contributed by atoms with van der Waals surface area (Å²) in [5, 5.41) is 8.85. The maximum atomic E-state index is 12.3. The van der Waals surface area contributed by atoms with Crippen molar-refractivity contribution in [3.8, 4) is 5.75 Å². The van der Waals surface area contributed by atoms with E-state index < -0.39 is 11.4 Å².